The molecule has 1 rings (SSSR count). The van der Waals surface area contributed by atoms with Crippen LogP contribution in [-0.4, -0.2) is 42.9 Å². The van der Waals surface area contributed by atoms with Gasteiger partial charge in [0, 0.05) is 6.54 Å². The summed E-state index contributed by atoms with van der Waals surface area (Å²) >= 11 is 0. The maximum absolute atomic E-state index is 10.5. The summed E-state index contributed by atoms with van der Waals surface area (Å²) in [6.07, 6.45) is 2.68. The van der Waals surface area contributed by atoms with Crippen molar-refractivity contribution in [3.8, 4) is 11.5 Å². The fourth-order valence-corrected chi connectivity index (χ4v) is 2.56. The van der Waals surface area contributed by atoms with Crippen LogP contribution in [0, 0.1) is 0 Å². The smallest absolute Gasteiger partial charge is 0.161 e. The molecule has 1 aromatic rings. The molecule has 0 saturated carbocycles. The summed E-state index contributed by atoms with van der Waals surface area (Å²) in [6.45, 7) is 12.5. The van der Waals surface area contributed by atoms with Gasteiger partial charge in [0.15, 0.2) is 11.5 Å². The molecule has 0 fully saturated rings. The predicted molar refractivity (Wildman–Crippen MR) is 95.4 cm³/mol. The van der Waals surface area contributed by atoms with Crippen LogP contribution in [0.5, 0.6) is 11.5 Å². The third-order valence-electron chi connectivity index (χ3n) is 3.95. The number of aliphatic hydroxyl groups is 1. The Morgan fingerprint density at radius 1 is 1.00 bits per heavy atom. The fourth-order valence-electron chi connectivity index (χ4n) is 2.56. The van der Waals surface area contributed by atoms with Crippen molar-refractivity contribution in [2.75, 3.05) is 32.8 Å². The Balaban J connectivity index is 2.67. The number of unbranched alkanes of at least 4 members (excludes halogenated alkanes) is 1. The molecule has 0 radical (unpaired) electrons. The van der Waals surface area contributed by atoms with Gasteiger partial charge < -0.3 is 19.5 Å². The van der Waals surface area contributed by atoms with Crippen molar-refractivity contribution >= 4 is 0 Å². The molecule has 0 aromatic heterocycles. The summed E-state index contributed by atoms with van der Waals surface area (Å²) in [5, 5.41) is 10.5. The molecule has 0 saturated heterocycles. The molecular weight excluding hydrogens is 290 g/mol. The summed E-state index contributed by atoms with van der Waals surface area (Å²) in [6, 6.07) is 5.73. The van der Waals surface area contributed by atoms with E-state index in [4.69, 9.17) is 9.47 Å². The normalized spacial score (nSPS) is 12.4. The van der Waals surface area contributed by atoms with Gasteiger partial charge in [-0.05, 0) is 57.5 Å². The molecule has 0 aliphatic carbocycles. The number of nitrogens with zero attached hydrogens (tertiary/aromatic N) is 1. The molecule has 0 aliphatic rings. The van der Waals surface area contributed by atoms with E-state index in [1.54, 1.807) is 0 Å². The van der Waals surface area contributed by atoms with Gasteiger partial charge in [-0.2, -0.15) is 0 Å². The van der Waals surface area contributed by atoms with Gasteiger partial charge in [0.25, 0.3) is 0 Å². The lowest BCUT2D eigenvalue weighted by atomic mass is 10.1. The van der Waals surface area contributed by atoms with E-state index in [0.29, 0.717) is 19.0 Å². The lowest BCUT2D eigenvalue weighted by molar-refractivity contribution is 0.142. The topological polar surface area (TPSA) is 41.9 Å². The molecule has 0 spiro atoms. The van der Waals surface area contributed by atoms with E-state index >= 15 is 0 Å². The second-order valence-corrected chi connectivity index (χ2v) is 5.66. The average molecular weight is 323 g/mol. The number of ether oxygens (including phenoxy) is 2. The van der Waals surface area contributed by atoms with Crippen LogP contribution < -0.4 is 9.47 Å². The molecule has 0 aliphatic heterocycles. The van der Waals surface area contributed by atoms with Gasteiger partial charge in [-0.3, -0.25) is 0 Å². The van der Waals surface area contributed by atoms with Gasteiger partial charge in [-0.25, -0.2) is 0 Å². The van der Waals surface area contributed by atoms with Crippen molar-refractivity contribution in [2.45, 2.75) is 53.1 Å². The Morgan fingerprint density at radius 3 is 2.30 bits per heavy atom. The number of hydrogen-bond donors (Lipinski definition) is 1. The van der Waals surface area contributed by atoms with Gasteiger partial charge in [-0.15, -0.1) is 0 Å². The van der Waals surface area contributed by atoms with Gasteiger partial charge in [0.1, 0.15) is 0 Å². The zero-order valence-corrected chi connectivity index (χ0v) is 15.2. The molecule has 23 heavy (non-hydrogen) atoms. The first-order valence-electron chi connectivity index (χ1n) is 8.96. The first-order valence-corrected chi connectivity index (χ1v) is 8.96. The molecule has 4 nitrogen and oxygen atoms in total. The molecule has 132 valence electrons. The fraction of sp³-hybridized carbons (Fsp3) is 0.684. The third-order valence-corrected chi connectivity index (χ3v) is 3.95. The minimum atomic E-state index is -0.472. The third kappa shape index (κ3) is 6.80. The highest BCUT2D eigenvalue weighted by molar-refractivity contribution is 5.43. The van der Waals surface area contributed by atoms with E-state index in [0.717, 1.165) is 37.4 Å². The van der Waals surface area contributed by atoms with E-state index in [1.807, 2.05) is 32.0 Å². The van der Waals surface area contributed by atoms with Crippen LogP contribution in [0.2, 0.25) is 0 Å². The van der Waals surface area contributed by atoms with Crippen LogP contribution in [-0.2, 0) is 0 Å². The largest absolute Gasteiger partial charge is 0.490 e. The van der Waals surface area contributed by atoms with Crippen molar-refractivity contribution in [2.24, 2.45) is 0 Å². The standard InChI is InChI=1S/C19H33NO3/c1-5-9-13-20(6-2)14-12-17(21)16-10-11-18(22-7-3)19(15-16)23-8-4/h10-11,15,17,21H,5-9,12-14H2,1-4H3. The van der Waals surface area contributed by atoms with Crippen molar-refractivity contribution in [3.63, 3.8) is 0 Å². The monoisotopic (exact) mass is 323 g/mol. The Labute approximate surface area is 141 Å². The van der Waals surface area contributed by atoms with Crippen LogP contribution >= 0.6 is 0 Å². The molecule has 4 heteroatoms. The molecule has 0 bridgehead atoms. The SMILES string of the molecule is CCCCN(CC)CCC(O)c1ccc(OCC)c(OCC)c1. The second kappa shape index (κ2) is 11.3. The molecule has 1 aromatic carbocycles. The van der Waals surface area contributed by atoms with Crippen molar-refractivity contribution in [1.29, 1.82) is 0 Å². The van der Waals surface area contributed by atoms with Crippen molar-refractivity contribution in [3.05, 3.63) is 23.8 Å². The van der Waals surface area contributed by atoms with Crippen LogP contribution in [0.15, 0.2) is 18.2 Å². The van der Waals surface area contributed by atoms with Gasteiger partial charge >= 0.3 is 0 Å². The van der Waals surface area contributed by atoms with E-state index in [1.165, 1.54) is 12.8 Å². The highest BCUT2D eigenvalue weighted by Gasteiger charge is 2.13. The predicted octanol–water partition coefficient (Wildman–Crippen LogP) is 4.03. The number of hydrogen-bond acceptors (Lipinski definition) is 4. The Morgan fingerprint density at radius 2 is 1.70 bits per heavy atom. The number of aliphatic hydroxyl groups excluding tert-OH is 1. The van der Waals surface area contributed by atoms with Gasteiger partial charge in [0.2, 0.25) is 0 Å². The van der Waals surface area contributed by atoms with Crippen LogP contribution in [0.1, 0.15) is 58.6 Å². The maximum atomic E-state index is 10.5. The quantitative estimate of drug-likeness (QED) is 0.630. The lowest BCUT2D eigenvalue weighted by Gasteiger charge is -2.22. The molecule has 1 unspecified atom stereocenters. The molecule has 0 amide bonds. The maximum Gasteiger partial charge on any atom is 0.161 e. The van der Waals surface area contributed by atoms with Gasteiger partial charge in [-0.1, -0.05) is 26.3 Å². The Bertz CT molecular complexity index is 437. The summed E-state index contributed by atoms with van der Waals surface area (Å²) < 4.78 is 11.2. The highest BCUT2D eigenvalue weighted by atomic mass is 16.5. The first-order chi connectivity index (χ1) is 11.2. The lowest BCUT2D eigenvalue weighted by Crippen LogP contribution is -2.26. The van der Waals surface area contributed by atoms with E-state index < -0.39 is 6.10 Å². The molecular formula is C19H33NO3. The summed E-state index contributed by atoms with van der Waals surface area (Å²) in [4.78, 5) is 2.39. The zero-order chi connectivity index (χ0) is 17.1. The summed E-state index contributed by atoms with van der Waals surface area (Å²) in [7, 11) is 0. The summed E-state index contributed by atoms with van der Waals surface area (Å²) in [5.74, 6) is 1.45. The minimum Gasteiger partial charge on any atom is -0.490 e. The van der Waals surface area contributed by atoms with Crippen molar-refractivity contribution < 1.29 is 14.6 Å². The van der Waals surface area contributed by atoms with Crippen LogP contribution in [0.4, 0.5) is 0 Å². The van der Waals surface area contributed by atoms with E-state index in [2.05, 4.69) is 18.7 Å². The molecule has 1 atom stereocenters. The Kier molecular flexibility index (Phi) is 9.72. The van der Waals surface area contributed by atoms with Crippen molar-refractivity contribution in [1.82, 2.24) is 4.90 Å². The number of benzene rings is 1. The van der Waals surface area contributed by atoms with Crippen LogP contribution in [0.25, 0.3) is 0 Å². The van der Waals surface area contributed by atoms with E-state index in [9.17, 15) is 5.11 Å². The second-order valence-electron chi connectivity index (χ2n) is 5.66. The minimum absolute atomic E-state index is 0.472. The average Bonchev–Trinajstić information content (AvgIpc) is 2.56. The molecule has 1 N–H and O–H groups in total. The Hall–Kier alpha value is -1.26. The highest BCUT2D eigenvalue weighted by Crippen LogP contribution is 2.31. The van der Waals surface area contributed by atoms with E-state index in [-0.39, 0.29) is 0 Å². The zero-order valence-electron chi connectivity index (χ0n) is 15.2. The molecule has 0 heterocycles. The van der Waals surface area contributed by atoms with Gasteiger partial charge in [0.05, 0.1) is 19.3 Å². The first kappa shape index (κ1) is 19.8. The number of rotatable bonds is 12. The van der Waals surface area contributed by atoms with Crippen LogP contribution in [0.3, 0.4) is 0 Å². The summed E-state index contributed by atoms with van der Waals surface area (Å²) in [5.41, 5.74) is 0.892.